The van der Waals surface area contributed by atoms with Crippen molar-refractivity contribution in [2.24, 2.45) is 0 Å². The van der Waals surface area contributed by atoms with Crippen LogP contribution in [-0.2, 0) is 4.79 Å². The molecule has 0 saturated carbocycles. The molecule has 5 nitrogen and oxygen atoms in total. The van der Waals surface area contributed by atoms with Crippen molar-refractivity contribution >= 4 is 52.2 Å². The zero-order chi connectivity index (χ0) is 20.1. The van der Waals surface area contributed by atoms with Crippen LogP contribution in [-0.4, -0.2) is 35.8 Å². The molecule has 2 aromatic rings. The van der Waals surface area contributed by atoms with Gasteiger partial charge in [0.25, 0.3) is 11.1 Å². The summed E-state index contributed by atoms with van der Waals surface area (Å²) in [5, 5.41) is 0.733. The maximum absolute atomic E-state index is 12.5. The van der Waals surface area contributed by atoms with Crippen molar-refractivity contribution < 1.29 is 19.1 Å². The largest absolute Gasteiger partial charge is 0.492 e. The number of hydrogen-bond acceptors (Lipinski definition) is 5. The van der Waals surface area contributed by atoms with Gasteiger partial charge in [0, 0.05) is 5.02 Å². The molecule has 2 amide bonds. The zero-order valence-corrected chi connectivity index (χ0v) is 17.3. The van der Waals surface area contributed by atoms with Crippen molar-refractivity contribution in [2.45, 2.75) is 6.92 Å². The standard InChI is InChI=1S/C20H17Cl2NO4S/c1-2-26-17-8-3-13(11-16(17)22)12-18-19(24)23(20(25)28-18)9-10-27-15-6-4-14(21)5-7-15/h3-8,11-12H,2,9-10H2,1H3/b18-12-. The van der Waals surface area contributed by atoms with E-state index in [1.807, 2.05) is 6.92 Å². The van der Waals surface area contributed by atoms with E-state index < -0.39 is 0 Å². The first-order chi connectivity index (χ1) is 13.5. The minimum Gasteiger partial charge on any atom is -0.492 e. The van der Waals surface area contributed by atoms with Gasteiger partial charge in [0.05, 0.1) is 23.1 Å². The molecule has 2 aromatic carbocycles. The number of rotatable bonds is 7. The lowest BCUT2D eigenvalue weighted by molar-refractivity contribution is -0.123. The van der Waals surface area contributed by atoms with E-state index in [1.165, 1.54) is 4.90 Å². The van der Waals surface area contributed by atoms with Crippen LogP contribution in [0.3, 0.4) is 0 Å². The zero-order valence-electron chi connectivity index (χ0n) is 15.0. The topological polar surface area (TPSA) is 55.8 Å². The summed E-state index contributed by atoms with van der Waals surface area (Å²) < 4.78 is 11.0. The van der Waals surface area contributed by atoms with Crippen LogP contribution >= 0.6 is 35.0 Å². The molecule has 0 radical (unpaired) electrons. The Morgan fingerprint density at radius 1 is 1.07 bits per heavy atom. The Hall–Kier alpha value is -2.15. The van der Waals surface area contributed by atoms with Crippen LogP contribution < -0.4 is 9.47 Å². The van der Waals surface area contributed by atoms with Gasteiger partial charge in [0.2, 0.25) is 0 Å². The lowest BCUT2D eigenvalue weighted by Crippen LogP contribution is -2.32. The van der Waals surface area contributed by atoms with Gasteiger partial charge in [-0.25, -0.2) is 0 Å². The van der Waals surface area contributed by atoms with Crippen LogP contribution in [0.2, 0.25) is 10.0 Å². The summed E-state index contributed by atoms with van der Waals surface area (Å²) in [5.74, 6) is 0.851. The van der Waals surface area contributed by atoms with Crippen molar-refractivity contribution in [2.75, 3.05) is 19.8 Å². The lowest BCUT2D eigenvalue weighted by atomic mass is 10.2. The number of halogens is 2. The highest BCUT2D eigenvalue weighted by Crippen LogP contribution is 2.33. The van der Waals surface area contributed by atoms with E-state index in [2.05, 4.69) is 0 Å². The second-order valence-corrected chi connectivity index (χ2v) is 7.60. The van der Waals surface area contributed by atoms with Crippen molar-refractivity contribution in [1.29, 1.82) is 0 Å². The Bertz CT molecular complexity index is 915. The molecule has 1 saturated heterocycles. The van der Waals surface area contributed by atoms with E-state index in [9.17, 15) is 9.59 Å². The van der Waals surface area contributed by atoms with Crippen LogP contribution in [0.15, 0.2) is 47.4 Å². The van der Waals surface area contributed by atoms with Gasteiger partial charge in [0.15, 0.2) is 0 Å². The fourth-order valence-electron chi connectivity index (χ4n) is 2.51. The third-order valence-corrected chi connectivity index (χ3v) is 5.28. The SMILES string of the molecule is CCOc1ccc(/C=C2\SC(=O)N(CCOc3ccc(Cl)cc3)C2=O)cc1Cl. The molecule has 1 aliphatic rings. The van der Waals surface area contributed by atoms with Crippen molar-refractivity contribution in [3.8, 4) is 11.5 Å². The average molecular weight is 438 g/mol. The quantitative estimate of drug-likeness (QED) is 0.534. The fourth-order valence-corrected chi connectivity index (χ4v) is 3.74. The van der Waals surface area contributed by atoms with Gasteiger partial charge in [-0.3, -0.25) is 14.5 Å². The second kappa shape index (κ2) is 9.37. The van der Waals surface area contributed by atoms with Crippen LogP contribution in [0.5, 0.6) is 11.5 Å². The van der Waals surface area contributed by atoms with Crippen LogP contribution in [0.25, 0.3) is 6.08 Å². The van der Waals surface area contributed by atoms with Crippen molar-refractivity contribution in [1.82, 2.24) is 4.90 Å². The van der Waals surface area contributed by atoms with Gasteiger partial charge >= 0.3 is 0 Å². The minimum absolute atomic E-state index is 0.161. The number of thioether (sulfide) groups is 1. The average Bonchev–Trinajstić information content (AvgIpc) is 2.93. The highest BCUT2D eigenvalue weighted by molar-refractivity contribution is 8.18. The van der Waals surface area contributed by atoms with E-state index >= 15 is 0 Å². The molecule has 1 heterocycles. The predicted octanol–water partition coefficient (Wildman–Crippen LogP) is 5.51. The predicted molar refractivity (Wildman–Crippen MR) is 112 cm³/mol. The minimum atomic E-state index is -0.347. The molecule has 1 aliphatic heterocycles. The Morgan fingerprint density at radius 3 is 2.50 bits per heavy atom. The molecule has 8 heteroatoms. The first kappa shape index (κ1) is 20.6. The highest BCUT2D eigenvalue weighted by atomic mass is 35.5. The third kappa shape index (κ3) is 5.01. The van der Waals surface area contributed by atoms with Crippen LogP contribution in [0, 0.1) is 0 Å². The highest BCUT2D eigenvalue weighted by Gasteiger charge is 2.34. The maximum Gasteiger partial charge on any atom is 0.293 e. The summed E-state index contributed by atoms with van der Waals surface area (Å²) in [4.78, 5) is 26.2. The summed E-state index contributed by atoms with van der Waals surface area (Å²) in [6.07, 6.45) is 1.65. The Kier molecular flexibility index (Phi) is 6.88. The number of carbonyl (C=O) groups excluding carboxylic acids is 2. The fraction of sp³-hybridized carbons (Fsp3) is 0.200. The van der Waals surface area contributed by atoms with Gasteiger partial charge in [-0.2, -0.15) is 0 Å². The molecule has 0 aromatic heterocycles. The Balaban J connectivity index is 1.63. The lowest BCUT2D eigenvalue weighted by Gasteiger charge is -2.13. The molecule has 146 valence electrons. The molecular formula is C20H17Cl2NO4S. The first-order valence-corrected chi connectivity index (χ1v) is 10.1. The van der Waals surface area contributed by atoms with Gasteiger partial charge in [-0.05, 0) is 66.7 Å². The molecule has 0 unspecified atom stereocenters. The molecule has 0 spiro atoms. The van der Waals surface area contributed by atoms with E-state index in [-0.39, 0.29) is 24.3 Å². The molecule has 0 atom stereocenters. The maximum atomic E-state index is 12.5. The van der Waals surface area contributed by atoms with Gasteiger partial charge in [-0.15, -0.1) is 0 Å². The van der Waals surface area contributed by atoms with Gasteiger partial charge in [-0.1, -0.05) is 29.3 Å². The van der Waals surface area contributed by atoms with Crippen molar-refractivity contribution in [3.05, 3.63) is 63.0 Å². The normalized spacial score (nSPS) is 15.4. The number of benzene rings is 2. The number of carbonyl (C=O) groups is 2. The summed E-state index contributed by atoms with van der Waals surface area (Å²) in [5.41, 5.74) is 0.719. The number of hydrogen-bond donors (Lipinski definition) is 0. The molecule has 28 heavy (non-hydrogen) atoms. The molecule has 0 N–H and O–H groups in total. The summed E-state index contributed by atoms with van der Waals surface area (Å²) in [7, 11) is 0. The summed E-state index contributed by atoms with van der Waals surface area (Å²) >= 11 is 12.9. The molecule has 1 fully saturated rings. The molecule has 0 bridgehead atoms. The number of imide groups is 1. The first-order valence-electron chi connectivity index (χ1n) is 8.54. The van der Waals surface area contributed by atoms with Crippen LogP contribution in [0.1, 0.15) is 12.5 Å². The number of nitrogens with zero attached hydrogens (tertiary/aromatic N) is 1. The smallest absolute Gasteiger partial charge is 0.293 e. The summed E-state index contributed by atoms with van der Waals surface area (Å²) in [6.45, 7) is 2.74. The van der Waals surface area contributed by atoms with Gasteiger partial charge < -0.3 is 9.47 Å². The molecule has 0 aliphatic carbocycles. The van der Waals surface area contributed by atoms with E-state index in [4.69, 9.17) is 32.7 Å². The second-order valence-electron chi connectivity index (χ2n) is 5.76. The van der Waals surface area contributed by atoms with E-state index in [0.29, 0.717) is 33.1 Å². The van der Waals surface area contributed by atoms with E-state index in [1.54, 1.807) is 48.5 Å². The number of ether oxygens (including phenoxy) is 2. The monoisotopic (exact) mass is 437 g/mol. The van der Waals surface area contributed by atoms with Crippen molar-refractivity contribution in [3.63, 3.8) is 0 Å². The molecule has 3 rings (SSSR count). The molecular weight excluding hydrogens is 421 g/mol. The summed E-state index contributed by atoms with van der Waals surface area (Å²) in [6, 6.07) is 12.1. The van der Waals surface area contributed by atoms with Gasteiger partial charge in [0.1, 0.15) is 18.1 Å². The van der Waals surface area contributed by atoms with E-state index in [0.717, 1.165) is 17.3 Å². The van der Waals surface area contributed by atoms with Crippen LogP contribution in [0.4, 0.5) is 4.79 Å². The third-order valence-electron chi connectivity index (χ3n) is 3.82. The Morgan fingerprint density at radius 2 is 1.82 bits per heavy atom. The Labute approximate surface area is 177 Å². The number of amides is 2.